The van der Waals surface area contributed by atoms with E-state index < -0.39 is 11.6 Å². The zero-order valence-electron chi connectivity index (χ0n) is 14.5. The number of ether oxygens (including phenoxy) is 2. The van der Waals surface area contributed by atoms with Crippen LogP contribution in [0.5, 0.6) is 5.75 Å². The highest BCUT2D eigenvalue weighted by Gasteiger charge is 2.32. The summed E-state index contributed by atoms with van der Waals surface area (Å²) in [4.78, 5) is 12.1. The molecule has 0 saturated carbocycles. The van der Waals surface area contributed by atoms with Crippen LogP contribution < -0.4 is 4.74 Å². The first-order valence-corrected chi connectivity index (χ1v) is 7.94. The summed E-state index contributed by atoms with van der Waals surface area (Å²) in [5.41, 5.74) is 1.02. The van der Waals surface area contributed by atoms with E-state index in [1.165, 1.54) is 0 Å². The predicted octanol–water partition coefficient (Wildman–Crippen LogP) is 4.21. The Bertz CT molecular complexity index is 703. The number of hydrogen-bond acceptors (Lipinski definition) is 4. The summed E-state index contributed by atoms with van der Waals surface area (Å²) in [7, 11) is 0. The molecule has 1 N–H and O–H groups in total. The van der Waals surface area contributed by atoms with Gasteiger partial charge in [-0.25, -0.2) is 4.79 Å². The van der Waals surface area contributed by atoms with Gasteiger partial charge in [-0.1, -0.05) is 30.3 Å². The minimum Gasteiger partial charge on any atom is -0.476 e. The third-order valence-electron chi connectivity index (χ3n) is 3.41. The molecular formula is C20H23NO3. The lowest BCUT2D eigenvalue weighted by Gasteiger charge is -2.25. The number of hydrogen-bond donors (Lipinski definition) is 1. The molecule has 0 aromatic heterocycles. The number of carbonyl (C=O) groups is 1. The largest absolute Gasteiger partial charge is 0.476 e. The molecule has 0 saturated heterocycles. The molecule has 2 rings (SSSR count). The van der Waals surface area contributed by atoms with Crippen LogP contribution >= 0.6 is 0 Å². The number of carbonyl (C=O) groups excluding carboxylic acids is 1. The van der Waals surface area contributed by atoms with Crippen molar-refractivity contribution in [2.75, 3.05) is 0 Å². The van der Waals surface area contributed by atoms with Crippen LogP contribution in [0.3, 0.4) is 0 Å². The van der Waals surface area contributed by atoms with Crippen LogP contribution in [0.1, 0.15) is 38.8 Å². The van der Waals surface area contributed by atoms with Crippen molar-refractivity contribution in [2.45, 2.75) is 39.4 Å². The van der Waals surface area contributed by atoms with Crippen molar-refractivity contribution in [3.8, 4) is 5.75 Å². The van der Waals surface area contributed by atoms with Gasteiger partial charge in [0.05, 0.1) is 11.8 Å². The van der Waals surface area contributed by atoms with Gasteiger partial charge in [-0.3, -0.25) is 5.41 Å². The second-order valence-electron chi connectivity index (χ2n) is 6.33. The third kappa shape index (κ3) is 4.44. The molecule has 0 aliphatic heterocycles. The average molecular weight is 325 g/mol. The Labute approximate surface area is 142 Å². The monoisotopic (exact) mass is 325 g/mol. The van der Waals surface area contributed by atoms with Crippen molar-refractivity contribution in [3.05, 3.63) is 65.7 Å². The van der Waals surface area contributed by atoms with Crippen LogP contribution in [0.2, 0.25) is 0 Å². The summed E-state index contributed by atoms with van der Waals surface area (Å²) >= 11 is 0. The fraction of sp³-hybridized carbons (Fsp3) is 0.300. The summed E-state index contributed by atoms with van der Waals surface area (Å²) < 4.78 is 11.0. The third-order valence-corrected chi connectivity index (χ3v) is 3.41. The van der Waals surface area contributed by atoms with Crippen molar-refractivity contribution in [1.29, 1.82) is 5.41 Å². The van der Waals surface area contributed by atoms with Gasteiger partial charge in [0.1, 0.15) is 5.75 Å². The lowest BCUT2D eigenvalue weighted by molar-refractivity contribution is -0.163. The van der Waals surface area contributed by atoms with Gasteiger partial charge in [-0.2, -0.15) is 0 Å². The highest BCUT2D eigenvalue weighted by Crippen LogP contribution is 2.21. The van der Waals surface area contributed by atoms with Gasteiger partial charge in [0.15, 0.2) is 5.60 Å². The summed E-state index contributed by atoms with van der Waals surface area (Å²) in [5, 5.41) is 8.25. The minimum atomic E-state index is -1.07. The van der Waals surface area contributed by atoms with Crippen LogP contribution in [0, 0.1) is 5.41 Å². The van der Waals surface area contributed by atoms with Crippen LogP contribution in [-0.4, -0.2) is 23.4 Å². The first-order valence-electron chi connectivity index (χ1n) is 7.94. The van der Waals surface area contributed by atoms with Gasteiger partial charge in [0.25, 0.3) is 0 Å². The van der Waals surface area contributed by atoms with Crippen LogP contribution in [0.4, 0.5) is 0 Å². The highest BCUT2D eigenvalue weighted by molar-refractivity contribution is 6.10. The Morgan fingerprint density at radius 2 is 1.50 bits per heavy atom. The second kappa shape index (κ2) is 7.30. The zero-order chi connectivity index (χ0) is 17.7. The molecule has 0 atom stereocenters. The molecule has 0 heterocycles. The summed E-state index contributed by atoms with van der Waals surface area (Å²) in [6.45, 7) is 6.96. The molecule has 0 spiro atoms. The molecule has 4 nitrogen and oxygen atoms in total. The van der Waals surface area contributed by atoms with Gasteiger partial charge < -0.3 is 9.47 Å². The minimum absolute atomic E-state index is 0.186. The van der Waals surface area contributed by atoms with Crippen molar-refractivity contribution in [1.82, 2.24) is 0 Å². The van der Waals surface area contributed by atoms with E-state index in [2.05, 4.69) is 0 Å². The predicted molar refractivity (Wildman–Crippen MR) is 94.7 cm³/mol. The quantitative estimate of drug-likeness (QED) is 0.639. The normalized spacial score (nSPS) is 11.2. The lowest BCUT2D eigenvalue weighted by Crippen LogP contribution is -2.40. The molecule has 0 radical (unpaired) electrons. The molecule has 126 valence electrons. The summed E-state index contributed by atoms with van der Waals surface area (Å²) in [6, 6.07) is 16.7. The average Bonchev–Trinajstić information content (AvgIpc) is 2.55. The van der Waals surface area contributed by atoms with E-state index in [-0.39, 0.29) is 6.10 Å². The number of esters is 1. The van der Waals surface area contributed by atoms with Crippen molar-refractivity contribution in [2.24, 2.45) is 0 Å². The maximum Gasteiger partial charge on any atom is 0.350 e. The maximum absolute atomic E-state index is 12.1. The smallest absolute Gasteiger partial charge is 0.350 e. The molecule has 4 heteroatoms. The number of benzene rings is 2. The van der Waals surface area contributed by atoms with E-state index >= 15 is 0 Å². The summed E-state index contributed by atoms with van der Waals surface area (Å²) in [6.07, 6.45) is -0.186. The fourth-order valence-electron chi connectivity index (χ4n) is 2.15. The van der Waals surface area contributed by atoms with Gasteiger partial charge in [0, 0.05) is 5.56 Å². The fourth-order valence-corrected chi connectivity index (χ4v) is 2.15. The maximum atomic E-state index is 12.1. The van der Waals surface area contributed by atoms with Crippen LogP contribution in [0.25, 0.3) is 0 Å². The molecule has 0 bridgehead atoms. The molecule has 0 amide bonds. The Kier molecular flexibility index (Phi) is 5.39. The van der Waals surface area contributed by atoms with E-state index in [1.54, 1.807) is 39.8 Å². The molecule has 0 fully saturated rings. The molecule has 0 aliphatic carbocycles. The zero-order valence-corrected chi connectivity index (χ0v) is 14.5. The topological polar surface area (TPSA) is 59.4 Å². The van der Waals surface area contributed by atoms with Crippen molar-refractivity contribution in [3.63, 3.8) is 0 Å². The Morgan fingerprint density at radius 1 is 0.958 bits per heavy atom. The number of nitrogens with one attached hydrogen (secondary N) is 1. The Balaban J connectivity index is 2.09. The number of rotatable bonds is 6. The van der Waals surface area contributed by atoms with E-state index in [0.717, 1.165) is 11.1 Å². The molecule has 0 unspecified atom stereocenters. The molecule has 0 aliphatic rings. The second-order valence-corrected chi connectivity index (χ2v) is 6.33. The standard InChI is InChI=1S/C20H23NO3/c1-14(2)23-19(22)20(3,4)24-17-12-10-16(11-13-17)18(21)15-8-6-5-7-9-15/h5-14,21H,1-4H3. The summed E-state index contributed by atoms with van der Waals surface area (Å²) in [5.74, 6) is 0.156. The van der Waals surface area contributed by atoms with Gasteiger partial charge in [-0.05, 0) is 57.5 Å². The first kappa shape index (κ1) is 17.7. The van der Waals surface area contributed by atoms with Crippen LogP contribution in [0.15, 0.2) is 54.6 Å². The molecular weight excluding hydrogens is 302 g/mol. The molecule has 2 aromatic carbocycles. The van der Waals surface area contributed by atoms with Crippen molar-refractivity contribution >= 4 is 11.7 Å². The molecule has 2 aromatic rings. The SMILES string of the molecule is CC(C)OC(=O)C(C)(C)Oc1ccc(C(=N)c2ccccc2)cc1. The lowest BCUT2D eigenvalue weighted by atomic mass is 10.0. The van der Waals surface area contributed by atoms with E-state index in [1.807, 2.05) is 42.5 Å². The van der Waals surface area contributed by atoms with E-state index in [4.69, 9.17) is 14.9 Å². The van der Waals surface area contributed by atoms with Crippen LogP contribution in [-0.2, 0) is 9.53 Å². The van der Waals surface area contributed by atoms with Gasteiger partial charge in [0.2, 0.25) is 0 Å². The van der Waals surface area contributed by atoms with E-state index in [0.29, 0.717) is 11.5 Å². The van der Waals surface area contributed by atoms with E-state index in [9.17, 15) is 4.79 Å². The first-order chi connectivity index (χ1) is 11.3. The highest BCUT2D eigenvalue weighted by atomic mass is 16.6. The van der Waals surface area contributed by atoms with Crippen molar-refractivity contribution < 1.29 is 14.3 Å². The van der Waals surface area contributed by atoms with Gasteiger partial charge in [-0.15, -0.1) is 0 Å². The Hall–Kier alpha value is -2.62. The Morgan fingerprint density at radius 3 is 2.04 bits per heavy atom. The molecule has 24 heavy (non-hydrogen) atoms. The van der Waals surface area contributed by atoms with Gasteiger partial charge >= 0.3 is 5.97 Å².